The Kier molecular flexibility index (Phi) is 3.55. The fourth-order valence-corrected chi connectivity index (χ4v) is 6.24. The quantitative estimate of drug-likeness (QED) is 0.812. The molecule has 0 aromatic carbocycles. The second-order valence-corrected chi connectivity index (χ2v) is 9.09. The van der Waals surface area contributed by atoms with E-state index >= 15 is 0 Å². The van der Waals surface area contributed by atoms with Gasteiger partial charge in [0.25, 0.3) is 10.0 Å². The van der Waals surface area contributed by atoms with Gasteiger partial charge in [0.2, 0.25) is 0 Å². The number of aromatic nitrogens is 2. The van der Waals surface area contributed by atoms with Crippen LogP contribution in [0.15, 0.2) is 11.2 Å². The normalized spacial score (nSPS) is 27.2. The molecule has 3 aliphatic rings. The molecule has 134 valence electrons. The van der Waals surface area contributed by atoms with Crippen LogP contribution in [0.1, 0.15) is 37.9 Å². The molecule has 1 saturated heterocycles. The molecular formula is C15H20F3N3O2S. The molecule has 1 spiro atoms. The van der Waals surface area contributed by atoms with E-state index in [1.807, 2.05) is 0 Å². The van der Waals surface area contributed by atoms with Crippen molar-refractivity contribution in [3.05, 3.63) is 12.0 Å². The second-order valence-electron chi connectivity index (χ2n) is 7.21. The molecule has 2 fully saturated rings. The third-order valence-corrected chi connectivity index (χ3v) is 7.78. The van der Waals surface area contributed by atoms with Crippen LogP contribution >= 0.6 is 0 Å². The Morgan fingerprint density at radius 3 is 2.58 bits per heavy atom. The number of imidazole rings is 1. The summed E-state index contributed by atoms with van der Waals surface area (Å²) in [6.45, 7) is 0.503. The van der Waals surface area contributed by atoms with Crippen LogP contribution in [-0.4, -0.2) is 41.5 Å². The molecule has 0 N–H and O–H groups in total. The number of sulfonamides is 1. The molecule has 4 rings (SSSR count). The van der Waals surface area contributed by atoms with E-state index in [4.69, 9.17) is 0 Å². The minimum Gasteiger partial charge on any atom is -0.318 e. The van der Waals surface area contributed by atoms with Crippen LogP contribution in [0.25, 0.3) is 0 Å². The summed E-state index contributed by atoms with van der Waals surface area (Å²) in [5, 5.41) is 0.134. The van der Waals surface area contributed by atoms with Gasteiger partial charge in [0.15, 0.2) is 5.03 Å². The zero-order chi connectivity index (χ0) is 17.2. The molecule has 1 aromatic heterocycles. The lowest BCUT2D eigenvalue weighted by Gasteiger charge is -2.53. The monoisotopic (exact) mass is 363 g/mol. The number of fused-ring (bicyclic) bond motifs is 1. The third kappa shape index (κ3) is 2.31. The van der Waals surface area contributed by atoms with Gasteiger partial charge in [-0.25, -0.2) is 13.4 Å². The highest BCUT2D eigenvalue weighted by atomic mass is 32.2. The Morgan fingerprint density at radius 2 is 1.96 bits per heavy atom. The van der Waals surface area contributed by atoms with Gasteiger partial charge in [-0.05, 0) is 31.1 Å². The number of rotatable bonds is 2. The number of halogens is 3. The highest BCUT2D eigenvalue weighted by Gasteiger charge is 2.59. The zero-order valence-electron chi connectivity index (χ0n) is 13.2. The van der Waals surface area contributed by atoms with Gasteiger partial charge >= 0.3 is 6.18 Å². The largest absolute Gasteiger partial charge is 0.392 e. The molecule has 0 radical (unpaired) electrons. The first-order chi connectivity index (χ1) is 11.2. The van der Waals surface area contributed by atoms with Crippen LogP contribution in [0.4, 0.5) is 13.2 Å². The van der Waals surface area contributed by atoms with E-state index in [9.17, 15) is 21.6 Å². The smallest absolute Gasteiger partial charge is 0.318 e. The Hall–Kier alpha value is -1.09. The average molecular weight is 363 g/mol. The van der Waals surface area contributed by atoms with Crippen LogP contribution in [0.2, 0.25) is 0 Å². The zero-order valence-corrected chi connectivity index (χ0v) is 14.0. The van der Waals surface area contributed by atoms with Gasteiger partial charge in [0, 0.05) is 26.1 Å². The van der Waals surface area contributed by atoms with E-state index in [0.29, 0.717) is 19.4 Å². The van der Waals surface area contributed by atoms with E-state index in [1.54, 1.807) is 4.57 Å². The SMILES string of the molecule is O=S(=O)(c1cnc2n1CCC2)N1CCC(C(F)(F)F)C2(CCC2)C1. The van der Waals surface area contributed by atoms with Gasteiger partial charge in [-0.2, -0.15) is 17.5 Å². The van der Waals surface area contributed by atoms with Gasteiger partial charge in [0.05, 0.1) is 12.1 Å². The minimum absolute atomic E-state index is 0.0278. The summed E-state index contributed by atoms with van der Waals surface area (Å²) >= 11 is 0. The molecule has 1 saturated carbocycles. The molecule has 0 bridgehead atoms. The second kappa shape index (κ2) is 5.20. The van der Waals surface area contributed by atoms with Crippen molar-refractivity contribution in [1.82, 2.24) is 13.9 Å². The van der Waals surface area contributed by atoms with Crippen LogP contribution in [0.3, 0.4) is 0 Å². The Balaban J connectivity index is 1.64. The van der Waals surface area contributed by atoms with Crippen molar-refractivity contribution in [2.75, 3.05) is 13.1 Å². The molecule has 0 amide bonds. The van der Waals surface area contributed by atoms with Gasteiger partial charge in [-0.1, -0.05) is 6.42 Å². The summed E-state index contributed by atoms with van der Waals surface area (Å²) in [6, 6.07) is 0. The summed E-state index contributed by atoms with van der Waals surface area (Å²) in [6.07, 6.45) is 0.191. The molecule has 2 aliphatic heterocycles. The summed E-state index contributed by atoms with van der Waals surface area (Å²) < 4.78 is 69.0. The number of nitrogens with zero attached hydrogens (tertiary/aromatic N) is 3. The highest BCUT2D eigenvalue weighted by Crippen LogP contribution is 2.56. The van der Waals surface area contributed by atoms with Crippen LogP contribution in [-0.2, 0) is 23.0 Å². The van der Waals surface area contributed by atoms with Gasteiger partial charge in [-0.3, -0.25) is 0 Å². The predicted molar refractivity (Wildman–Crippen MR) is 79.8 cm³/mol. The van der Waals surface area contributed by atoms with Crippen molar-refractivity contribution < 1.29 is 21.6 Å². The average Bonchev–Trinajstić information content (AvgIpc) is 3.06. The lowest BCUT2D eigenvalue weighted by molar-refractivity contribution is -0.233. The standard InChI is InChI=1S/C15H20F3N3O2S/c16-15(17,18)11-4-8-20(10-14(11)5-2-6-14)24(22,23)13-9-19-12-3-1-7-21(12)13/h9,11H,1-8,10H2. The van der Waals surface area contributed by atoms with Crippen molar-refractivity contribution >= 4 is 10.0 Å². The van der Waals surface area contributed by atoms with Crippen LogP contribution in [0, 0.1) is 11.3 Å². The summed E-state index contributed by atoms with van der Waals surface area (Å²) in [4.78, 5) is 4.16. The molecular weight excluding hydrogens is 343 g/mol. The first-order valence-electron chi connectivity index (χ1n) is 8.35. The van der Waals surface area contributed by atoms with Crippen molar-refractivity contribution in [2.45, 2.75) is 56.3 Å². The van der Waals surface area contributed by atoms with Crippen LogP contribution < -0.4 is 0 Å². The molecule has 3 heterocycles. The molecule has 1 aliphatic carbocycles. The van der Waals surface area contributed by atoms with Crippen LogP contribution in [0.5, 0.6) is 0 Å². The Bertz CT molecular complexity index is 753. The molecule has 24 heavy (non-hydrogen) atoms. The molecule has 5 nitrogen and oxygen atoms in total. The van der Waals surface area contributed by atoms with Gasteiger partial charge < -0.3 is 4.57 Å². The fourth-order valence-electron chi connectivity index (χ4n) is 4.54. The lowest BCUT2D eigenvalue weighted by atomic mass is 9.58. The lowest BCUT2D eigenvalue weighted by Crippen LogP contribution is -2.57. The van der Waals surface area contributed by atoms with Crippen molar-refractivity contribution in [2.24, 2.45) is 11.3 Å². The summed E-state index contributed by atoms with van der Waals surface area (Å²) in [5.41, 5.74) is -0.933. The molecule has 1 aromatic rings. The van der Waals surface area contributed by atoms with E-state index in [0.717, 1.165) is 25.1 Å². The summed E-state index contributed by atoms with van der Waals surface area (Å²) in [7, 11) is -3.79. The maximum atomic E-state index is 13.4. The van der Waals surface area contributed by atoms with E-state index in [1.165, 1.54) is 10.5 Å². The first kappa shape index (κ1) is 16.4. The topological polar surface area (TPSA) is 55.2 Å². The minimum atomic E-state index is -4.26. The predicted octanol–water partition coefficient (Wildman–Crippen LogP) is 2.57. The van der Waals surface area contributed by atoms with Crippen molar-refractivity contribution in [3.63, 3.8) is 0 Å². The van der Waals surface area contributed by atoms with Gasteiger partial charge in [-0.15, -0.1) is 0 Å². The van der Waals surface area contributed by atoms with E-state index in [2.05, 4.69) is 4.98 Å². The summed E-state index contributed by atoms with van der Waals surface area (Å²) in [5.74, 6) is -0.640. The highest BCUT2D eigenvalue weighted by molar-refractivity contribution is 7.89. The van der Waals surface area contributed by atoms with E-state index < -0.39 is 27.5 Å². The molecule has 9 heteroatoms. The third-order valence-electron chi connectivity index (χ3n) is 5.93. The Labute approximate surface area is 138 Å². The first-order valence-corrected chi connectivity index (χ1v) is 9.79. The number of hydrogen-bond donors (Lipinski definition) is 0. The van der Waals surface area contributed by atoms with Gasteiger partial charge in [0.1, 0.15) is 5.82 Å². The van der Waals surface area contributed by atoms with Crippen molar-refractivity contribution in [3.8, 4) is 0 Å². The maximum Gasteiger partial charge on any atom is 0.392 e. The van der Waals surface area contributed by atoms with Crippen molar-refractivity contribution in [1.29, 1.82) is 0 Å². The number of piperidine rings is 1. The fraction of sp³-hybridized carbons (Fsp3) is 0.800. The number of hydrogen-bond acceptors (Lipinski definition) is 3. The maximum absolute atomic E-state index is 13.4. The number of alkyl halides is 3. The van der Waals surface area contributed by atoms with E-state index in [-0.39, 0.29) is 24.5 Å². The Morgan fingerprint density at radius 1 is 1.21 bits per heavy atom. The molecule has 1 unspecified atom stereocenters. The molecule has 1 atom stereocenters. The number of aryl methyl sites for hydroxylation is 1.